The van der Waals surface area contributed by atoms with Gasteiger partial charge in [0.25, 0.3) is 0 Å². The van der Waals surface area contributed by atoms with E-state index in [1.54, 1.807) is 0 Å². The van der Waals surface area contributed by atoms with E-state index in [0.29, 0.717) is 13.0 Å². The maximum Gasteiger partial charge on any atom is 0.529 e. The highest BCUT2D eigenvalue weighted by atomic mass is 31.2. The predicted octanol–water partition coefficient (Wildman–Crippen LogP) is -1.93. The fourth-order valence-electron chi connectivity index (χ4n) is 1.89. The van der Waals surface area contributed by atoms with Crippen molar-refractivity contribution in [3.8, 4) is 0 Å². The van der Waals surface area contributed by atoms with Crippen molar-refractivity contribution >= 4 is 25.7 Å². The van der Waals surface area contributed by atoms with E-state index < -0.39 is 56.6 Å². The van der Waals surface area contributed by atoms with Gasteiger partial charge in [0.2, 0.25) is 0 Å². The number of carboxylic acids is 1. The molecule has 25 heavy (non-hydrogen) atoms. The molecule has 0 aromatic rings. The molecule has 1 heterocycles. The van der Waals surface area contributed by atoms with Crippen LogP contribution in [0.2, 0.25) is 0 Å². The van der Waals surface area contributed by atoms with Crippen LogP contribution in [0.5, 0.6) is 0 Å². The third-order valence-electron chi connectivity index (χ3n) is 3.35. The molecule has 0 saturated carbocycles. The van der Waals surface area contributed by atoms with Gasteiger partial charge in [-0.3, -0.25) is 19.0 Å². The lowest BCUT2D eigenvalue weighted by Gasteiger charge is -2.22. The monoisotopic (exact) mass is 383 g/mol. The van der Waals surface area contributed by atoms with Crippen LogP contribution in [0, 0.1) is 0 Å². The van der Waals surface area contributed by atoms with Crippen LogP contribution in [-0.4, -0.2) is 65.3 Å². The van der Waals surface area contributed by atoms with Crippen molar-refractivity contribution in [3.63, 3.8) is 0 Å². The maximum absolute atomic E-state index is 11.8. The van der Waals surface area contributed by atoms with E-state index in [4.69, 9.17) is 16.6 Å². The van der Waals surface area contributed by atoms with Crippen LogP contribution in [0.25, 0.3) is 0 Å². The van der Waals surface area contributed by atoms with Gasteiger partial charge in [-0.25, -0.2) is 9.36 Å². The second-order valence-electron chi connectivity index (χ2n) is 5.44. The Morgan fingerprint density at radius 1 is 1.36 bits per heavy atom. The molecule has 1 aliphatic heterocycles. The number of phosphoric acid groups is 1. The standard InChI is InChI=1S/C12H22N3O9P/c1-6(9(14)12(19)22-5-7(13)10(16)17)23-25(20,21)24-11(18)8-3-2-4-15-8/h6-9,15H,2-5,13-14H2,1H3,(H,16,17)(H,20,21)/t6-,7+,8+,9+/m1/s1. The van der Waals surface area contributed by atoms with Crippen LogP contribution in [-0.2, 0) is 32.7 Å². The number of esters is 1. The number of carbonyl (C=O) groups is 3. The molecule has 0 radical (unpaired) electrons. The van der Waals surface area contributed by atoms with Crippen LogP contribution >= 0.6 is 7.82 Å². The Morgan fingerprint density at radius 3 is 2.52 bits per heavy atom. The zero-order valence-electron chi connectivity index (χ0n) is 13.5. The SMILES string of the molecule is C[C@@H](OP(=O)(O)OC(=O)[C@@H]1CCCN1)[C@H](N)C(=O)OC[C@H](N)C(=O)O. The second-order valence-corrected chi connectivity index (χ2v) is 6.77. The van der Waals surface area contributed by atoms with Crippen molar-refractivity contribution in [1.82, 2.24) is 5.32 Å². The molecule has 7 N–H and O–H groups in total. The van der Waals surface area contributed by atoms with Crippen LogP contribution in [0.1, 0.15) is 19.8 Å². The summed E-state index contributed by atoms with van der Waals surface area (Å²) in [4.78, 5) is 43.5. The van der Waals surface area contributed by atoms with E-state index in [0.717, 1.165) is 6.42 Å². The van der Waals surface area contributed by atoms with Gasteiger partial charge in [0.05, 0.1) is 6.10 Å². The predicted molar refractivity (Wildman–Crippen MR) is 82.0 cm³/mol. The number of carboxylic acid groups (broad SMARTS) is 1. The van der Waals surface area contributed by atoms with E-state index in [2.05, 4.69) is 19.1 Å². The van der Waals surface area contributed by atoms with Crippen molar-refractivity contribution < 1.29 is 42.7 Å². The molecule has 5 atom stereocenters. The lowest BCUT2D eigenvalue weighted by Crippen LogP contribution is -2.45. The van der Waals surface area contributed by atoms with Crippen molar-refractivity contribution in [2.75, 3.05) is 13.2 Å². The molecule has 1 fully saturated rings. The van der Waals surface area contributed by atoms with E-state index in [1.165, 1.54) is 6.92 Å². The molecule has 0 aliphatic carbocycles. The quantitative estimate of drug-likeness (QED) is 0.218. The summed E-state index contributed by atoms with van der Waals surface area (Å²) >= 11 is 0. The Bertz CT molecular complexity index is 552. The fourth-order valence-corrected chi connectivity index (χ4v) is 2.84. The molecule has 0 spiro atoms. The molecule has 0 aromatic heterocycles. The van der Waals surface area contributed by atoms with Crippen molar-refractivity contribution in [3.05, 3.63) is 0 Å². The molecule has 1 rings (SSSR count). The van der Waals surface area contributed by atoms with Gasteiger partial charge in [-0.15, -0.1) is 0 Å². The average molecular weight is 383 g/mol. The molecule has 12 nitrogen and oxygen atoms in total. The lowest BCUT2D eigenvalue weighted by atomic mass is 10.2. The minimum Gasteiger partial charge on any atom is -0.480 e. The average Bonchev–Trinajstić information content (AvgIpc) is 3.04. The minimum atomic E-state index is -4.80. The largest absolute Gasteiger partial charge is 0.529 e. The topological polar surface area (TPSA) is 200 Å². The summed E-state index contributed by atoms with van der Waals surface area (Å²) in [5.74, 6) is -3.41. The van der Waals surface area contributed by atoms with Gasteiger partial charge < -0.3 is 31.2 Å². The summed E-state index contributed by atoms with van der Waals surface area (Å²) in [6.45, 7) is 1.14. The van der Waals surface area contributed by atoms with Gasteiger partial charge in [-0.1, -0.05) is 0 Å². The number of aliphatic carboxylic acids is 1. The molecular weight excluding hydrogens is 361 g/mol. The summed E-state index contributed by atoms with van der Waals surface area (Å²) in [5, 5.41) is 11.4. The van der Waals surface area contributed by atoms with Gasteiger partial charge >= 0.3 is 25.7 Å². The van der Waals surface area contributed by atoms with Gasteiger partial charge in [-0.05, 0) is 26.3 Å². The number of ether oxygens (including phenoxy) is 1. The Morgan fingerprint density at radius 2 is 2.00 bits per heavy atom. The van der Waals surface area contributed by atoms with E-state index in [-0.39, 0.29) is 0 Å². The van der Waals surface area contributed by atoms with Crippen molar-refractivity contribution in [1.29, 1.82) is 0 Å². The van der Waals surface area contributed by atoms with Gasteiger partial charge in [0.1, 0.15) is 24.7 Å². The number of hydrogen-bond acceptors (Lipinski definition) is 10. The Balaban J connectivity index is 2.49. The first-order valence-corrected chi connectivity index (χ1v) is 8.91. The lowest BCUT2D eigenvalue weighted by molar-refractivity contribution is -0.150. The first kappa shape index (κ1) is 21.5. The highest BCUT2D eigenvalue weighted by Crippen LogP contribution is 2.45. The Kier molecular flexibility index (Phi) is 7.93. The summed E-state index contributed by atoms with van der Waals surface area (Å²) in [6.07, 6.45) is -0.167. The van der Waals surface area contributed by atoms with Gasteiger partial charge in [0, 0.05) is 0 Å². The maximum atomic E-state index is 11.8. The Hall–Kier alpha value is -1.56. The highest BCUT2D eigenvalue weighted by molar-refractivity contribution is 7.48. The molecule has 1 aliphatic rings. The van der Waals surface area contributed by atoms with Crippen LogP contribution < -0.4 is 16.8 Å². The summed E-state index contributed by atoms with van der Waals surface area (Å²) in [5.41, 5.74) is 10.7. The molecule has 1 saturated heterocycles. The first-order valence-electron chi connectivity index (χ1n) is 7.42. The third-order valence-corrected chi connectivity index (χ3v) is 4.36. The summed E-state index contributed by atoms with van der Waals surface area (Å²) in [6, 6.07) is -3.66. The zero-order valence-corrected chi connectivity index (χ0v) is 14.4. The summed E-state index contributed by atoms with van der Waals surface area (Å²) < 4.78 is 25.5. The number of nitrogens with one attached hydrogen (secondary N) is 1. The van der Waals surface area contributed by atoms with Gasteiger partial charge in [-0.2, -0.15) is 0 Å². The zero-order chi connectivity index (χ0) is 19.2. The Labute approximate surface area is 143 Å². The van der Waals surface area contributed by atoms with E-state index >= 15 is 0 Å². The van der Waals surface area contributed by atoms with Crippen molar-refractivity contribution in [2.45, 2.75) is 44.0 Å². The van der Waals surface area contributed by atoms with E-state index in [9.17, 15) is 23.8 Å². The summed E-state index contributed by atoms with van der Waals surface area (Å²) in [7, 11) is -4.80. The van der Waals surface area contributed by atoms with Gasteiger partial charge in [0.15, 0.2) is 0 Å². The third kappa shape index (κ3) is 7.06. The minimum absolute atomic E-state index is 0.462. The van der Waals surface area contributed by atoms with E-state index in [1.807, 2.05) is 0 Å². The van der Waals surface area contributed by atoms with Crippen LogP contribution in [0.3, 0.4) is 0 Å². The number of carbonyl (C=O) groups excluding carboxylic acids is 2. The molecule has 144 valence electrons. The fraction of sp³-hybridized carbons (Fsp3) is 0.750. The number of rotatable bonds is 9. The molecular formula is C12H22N3O9P. The molecule has 0 aromatic carbocycles. The second kappa shape index (κ2) is 9.22. The molecule has 0 amide bonds. The van der Waals surface area contributed by atoms with Crippen LogP contribution in [0.15, 0.2) is 0 Å². The highest BCUT2D eigenvalue weighted by Gasteiger charge is 2.36. The van der Waals surface area contributed by atoms with Crippen molar-refractivity contribution in [2.24, 2.45) is 11.5 Å². The molecule has 0 bridgehead atoms. The smallest absolute Gasteiger partial charge is 0.480 e. The molecule has 13 heteroatoms. The van der Waals surface area contributed by atoms with Crippen LogP contribution in [0.4, 0.5) is 0 Å². The number of phosphoric ester groups is 1. The molecule has 1 unspecified atom stereocenters. The normalized spacial score (nSPS) is 23.1. The first-order chi connectivity index (χ1) is 11.5. The number of nitrogens with two attached hydrogens (primary N) is 2. The number of hydrogen-bond donors (Lipinski definition) is 5.